The van der Waals surface area contributed by atoms with Crippen molar-refractivity contribution in [2.75, 3.05) is 0 Å². The number of rotatable bonds is 3. The van der Waals surface area contributed by atoms with Crippen LogP contribution in [-0.4, -0.2) is 11.0 Å². The summed E-state index contributed by atoms with van der Waals surface area (Å²) >= 11 is 0. The molecular formula is C11H11NO3. The van der Waals surface area contributed by atoms with Gasteiger partial charge in [0, 0.05) is 6.42 Å². The van der Waals surface area contributed by atoms with E-state index < -0.39 is 0 Å². The maximum Gasteiger partial charge on any atom is 0.402 e. The molecule has 0 aliphatic carbocycles. The molecule has 1 aromatic carbocycles. The molecule has 0 bridgehead atoms. The van der Waals surface area contributed by atoms with Gasteiger partial charge in [-0.3, -0.25) is 4.79 Å². The first kappa shape index (κ1) is 9.71. The van der Waals surface area contributed by atoms with Crippen LogP contribution in [0, 0.1) is 0 Å². The predicted octanol–water partition coefficient (Wildman–Crippen LogP) is 2.53. The molecule has 0 saturated heterocycles. The first-order chi connectivity index (χ1) is 7.29. The average molecular weight is 205 g/mol. The molecule has 78 valence electrons. The van der Waals surface area contributed by atoms with Gasteiger partial charge in [0.25, 0.3) is 0 Å². The lowest BCUT2D eigenvalue weighted by atomic mass is 10.3. The number of hydrogen-bond acceptors (Lipinski definition) is 4. The molecule has 0 fully saturated rings. The van der Waals surface area contributed by atoms with E-state index in [9.17, 15) is 4.79 Å². The second-order valence-corrected chi connectivity index (χ2v) is 3.17. The Bertz CT molecular complexity index is 442. The Morgan fingerprint density at radius 2 is 2.27 bits per heavy atom. The van der Waals surface area contributed by atoms with Crippen molar-refractivity contribution in [1.29, 1.82) is 0 Å². The molecule has 0 amide bonds. The maximum absolute atomic E-state index is 11.2. The van der Waals surface area contributed by atoms with Crippen molar-refractivity contribution in [2.24, 2.45) is 0 Å². The number of nitrogens with zero attached hydrogens (tertiary/aromatic N) is 1. The fraction of sp³-hybridized carbons (Fsp3) is 0.273. The quantitative estimate of drug-likeness (QED) is 0.722. The predicted molar refractivity (Wildman–Crippen MR) is 54.6 cm³/mol. The molecule has 4 heteroatoms. The van der Waals surface area contributed by atoms with E-state index in [0.717, 1.165) is 6.42 Å². The van der Waals surface area contributed by atoms with Crippen LogP contribution >= 0.6 is 0 Å². The van der Waals surface area contributed by atoms with Crippen molar-refractivity contribution in [1.82, 2.24) is 4.98 Å². The number of carbonyl (C=O) groups is 1. The largest absolute Gasteiger partial charge is 0.409 e. The average Bonchev–Trinajstić information content (AvgIpc) is 2.59. The minimum Gasteiger partial charge on any atom is -0.409 e. The Labute approximate surface area is 86.9 Å². The first-order valence-electron chi connectivity index (χ1n) is 4.86. The number of benzene rings is 1. The van der Waals surface area contributed by atoms with Gasteiger partial charge >= 0.3 is 12.0 Å². The van der Waals surface area contributed by atoms with Crippen LogP contribution in [0.15, 0.2) is 28.7 Å². The summed E-state index contributed by atoms with van der Waals surface area (Å²) in [6.45, 7) is 1.91. The van der Waals surface area contributed by atoms with Crippen molar-refractivity contribution in [2.45, 2.75) is 19.8 Å². The van der Waals surface area contributed by atoms with Gasteiger partial charge in [-0.1, -0.05) is 19.1 Å². The zero-order chi connectivity index (χ0) is 10.7. The zero-order valence-electron chi connectivity index (χ0n) is 8.40. The van der Waals surface area contributed by atoms with Crippen molar-refractivity contribution in [3.05, 3.63) is 24.3 Å². The molecule has 2 aromatic rings. The summed E-state index contributed by atoms with van der Waals surface area (Å²) in [4.78, 5) is 15.2. The molecular weight excluding hydrogens is 194 g/mol. The van der Waals surface area contributed by atoms with E-state index in [1.165, 1.54) is 0 Å². The summed E-state index contributed by atoms with van der Waals surface area (Å²) in [5.74, 6) is -0.316. The monoisotopic (exact) mass is 205 g/mol. The van der Waals surface area contributed by atoms with Crippen LogP contribution in [-0.2, 0) is 4.79 Å². The summed E-state index contributed by atoms with van der Waals surface area (Å²) in [5, 5.41) is 0. The third-order valence-corrected chi connectivity index (χ3v) is 1.93. The van der Waals surface area contributed by atoms with Crippen LogP contribution in [0.5, 0.6) is 6.08 Å². The van der Waals surface area contributed by atoms with E-state index in [-0.39, 0.29) is 12.0 Å². The summed E-state index contributed by atoms with van der Waals surface area (Å²) in [7, 11) is 0. The minimum atomic E-state index is -0.316. The number of aromatic nitrogens is 1. The molecule has 0 aliphatic rings. The van der Waals surface area contributed by atoms with Crippen molar-refractivity contribution < 1.29 is 13.9 Å². The molecule has 15 heavy (non-hydrogen) atoms. The number of ether oxygens (including phenoxy) is 1. The summed E-state index contributed by atoms with van der Waals surface area (Å²) in [5.41, 5.74) is 1.31. The van der Waals surface area contributed by atoms with Crippen LogP contribution in [0.25, 0.3) is 11.1 Å². The normalized spacial score (nSPS) is 10.5. The van der Waals surface area contributed by atoms with Gasteiger partial charge in [0.15, 0.2) is 5.58 Å². The fourth-order valence-corrected chi connectivity index (χ4v) is 1.25. The Morgan fingerprint density at radius 1 is 1.47 bits per heavy atom. The zero-order valence-corrected chi connectivity index (χ0v) is 8.40. The Hall–Kier alpha value is -1.84. The van der Waals surface area contributed by atoms with Crippen LogP contribution in [0.4, 0.5) is 0 Å². The molecule has 2 rings (SSSR count). The third kappa shape index (κ3) is 2.15. The second-order valence-electron chi connectivity index (χ2n) is 3.17. The minimum absolute atomic E-state index is 0.0228. The van der Waals surface area contributed by atoms with Crippen LogP contribution in [0.1, 0.15) is 19.8 Å². The van der Waals surface area contributed by atoms with Gasteiger partial charge in [0.05, 0.1) is 0 Å². The van der Waals surface area contributed by atoms with Gasteiger partial charge in [-0.2, -0.15) is 4.98 Å². The number of fused-ring (bicyclic) bond motifs is 1. The number of oxazole rings is 1. The molecule has 0 N–H and O–H groups in total. The molecule has 0 radical (unpaired) electrons. The lowest BCUT2D eigenvalue weighted by Crippen LogP contribution is -2.06. The van der Waals surface area contributed by atoms with Gasteiger partial charge in [-0.05, 0) is 18.6 Å². The molecule has 0 aliphatic heterocycles. The number of carbonyl (C=O) groups excluding carboxylic acids is 1. The molecule has 0 spiro atoms. The third-order valence-electron chi connectivity index (χ3n) is 1.93. The topological polar surface area (TPSA) is 52.3 Å². The van der Waals surface area contributed by atoms with Crippen LogP contribution in [0.2, 0.25) is 0 Å². The highest BCUT2D eigenvalue weighted by Gasteiger charge is 2.10. The van der Waals surface area contributed by atoms with Crippen LogP contribution < -0.4 is 4.74 Å². The van der Waals surface area contributed by atoms with Gasteiger partial charge in [-0.25, -0.2) is 0 Å². The standard InChI is InChI=1S/C11H11NO3/c1-2-5-10(13)15-11-12-8-6-3-4-7-9(8)14-11/h3-4,6-7H,2,5H2,1H3. The Balaban J connectivity index is 2.18. The second kappa shape index (κ2) is 4.13. The molecule has 1 heterocycles. The summed E-state index contributed by atoms with van der Waals surface area (Å²) in [6.07, 6.45) is 1.15. The van der Waals surface area contributed by atoms with E-state index in [2.05, 4.69) is 4.98 Å². The van der Waals surface area contributed by atoms with Crippen LogP contribution in [0.3, 0.4) is 0 Å². The molecule has 0 unspecified atom stereocenters. The van der Waals surface area contributed by atoms with Crippen molar-refractivity contribution in [3.63, 3.8) is 0 Å². The highest BCUT2D eigenvalue weighted by molar-refractivity contribution is 5.75. The number of para-hydroxylation sites is 2. The van der Waals surface area contributed by atoms with Crippen molar-refractivity contribution >= 4 is 17.1 Å². The Kier molecular flexibility index (Phi) is 2.67. The summed E-state index contributed by atoms with van der Waals surface area (Å²) < 4.78 is 10.2. The van der Waals surface area contributed by atoms with E-state index >= 15 is 0 Å². The number of hydrogen-bond donors (Lipinski definition) is 0. The lowest BCUT2D eigenvalue weighted by Gasteiger charge is -1.95. The molecule has 1 aromatic heterocycles. The SMILES string of the molecule is CCCC(=O)Oc1nc2ccccc2o1. The highest BCUT2D eigenvalue weighted by atomic mass is 16.6. The highest BCUT2D eigenvalue weighted by Crippen LogP contribution is 2.20. The van der Waals surface area contributed by atoms with E-state index in [1.807, 2.05) is 19.1 Å². The van der Waals surface area contributed by atoms with E-state index in [1.54, 1.807) is 12.1 Å². The Morgan fingerprint density at radius 3 is 3.00 bits per heavy atom. The lowest BCUT2D eigenvalue weighted by molar-refractivity contribution is -0.135. The van der Waals surface area contributed by atoms with Gasteiger partial charge in [0.2, 0.25) is 0 Å². The van der Waals surface area contributed by atoms with Gasteiger partial charge in [-0.15, -0.1) is 0 Å². The van der Waals surface area contributed by atoms with E-state index in [0.29, 0.717) is 17.5 Å². The molecule has 0 saturated carbocycles. The first-order valence-corrected chi connectivity index (χ1v) is 4.86. The smallest absolute Gasteiger partial charge is 0.402 e. The fourth-order valence-electron chi connectivity index (χ4n) is 1.25. The van der Waals surface area contributed by atoms with Crippen molar-refractivity contribution in [3.8, 4) is 6.08 Å². The van der Waals surface area contributed by atoms with Gasteiger partial charge < -0.3 is 9.15 Å². The van der Waals surface area contributed by atoms with Gasteiger partial charge in [0.1, 0.15) is 5.52 Å². The molecule has 4 nitrogen and oxygen atoms in total. The molecule has 0 atom stereocenters. The number of esters is 1. The summed E-state index contributed by atoms with van der Waals surface area (Å²) in [6, 6.07) is 7.27. The maximum atomic E-state index is 11.2. The van der Waals surface area contributed by atoms with E-state index in [4.69, 9.17) is 9.15 Å².